The van der Waals surface area contributed by atoms with Crippen LogP contribution in [0.4, 0.5) is 0 Å². The number of hydrogen-bond acceptors (Lipinski definition) is 7. The Morgan fingerprint density at radius 2 is 2.04 bits per heavy atom. The van der Waals surface area contributed by atoms with E-state index in [0.29, 0.717) is 11.4 Å². The first-order valence-electron chi connectivity index (χ1n) is 7.80. The molecule has 9 heteroatoms. The van der Waals surface area contributed by atoms with E-state index in [1.54, 1.807) is 13.1 Å². The van der Waals surface area contributed by atoms with Crippen LogP contribution in [0.25, 0.3) is 21.8 Å². The van der Waals surface area contributed by atoms with E-state index >= 15 is 0 Å². The van der Waals surface area contributed by atoms with Gasteiger partial charge in [-0.2, -0.15) is 4.98 Å². The van der Waals surface area contributed by atoms with Crippen molar-refractivity contribution in [2.75, 3.05) is 0 Å². The number of benzene rings is 1. The maximum atomic E-state index is 12.3. The lowest BCUT2D eigenvalue weighted by molar-refractivity contribution is -0.145. The first-order chi connectivity index (χ1) is 12.6. The maximum Gasteiger partial charge on any atom is 0.329 e. The topological polar surface area (TPSA) is 92.2 Å². The summed E-state index contributed by atoms with van der Waals surface area (Å²) in [5.41, 5.74) is 1.16. The van der Waals surface area contributed by atoms with Gasteiger partial charge < -0.3 is 9.26 Å². The lowest BCUT2D eigenvalue weighted by Crippen LogP contribution is -2.26. The summed E-state index contributed by atoms with van der Waals surface area (Å²) < 4.78 is 13.2. The van der Waals surface area contributed by atoms with Crippen molar-refractivity contribution in [3.63, 3.8) is 0 Å². The molecule has 3 heterocycles. The van der Waals surface area contributed by atoms with E-state index in [9.17, 15) is 9.59 Å². The Hall–Kier alpha value is -3.20. The number of rotatable bonds is 5. The fraction of sp³-hybridized carbons (Fsp3) is 0.176. The number of carbonyl (C=O) groups is 1. The molecule has 0 unspecified atom stereocenters. The minimum Gasteiger partial charge on any atom is -0.456 e. The number of esters is 1. The molecule has 3 aromatic heterocycles. The Morgan fingerprint density at radius 1 is 1.23 bits per heavy atom. The zero-order valence-electron chi connectivity index (χ0n) is 13.8. The van der Waals surface area contributed by atoms with Crippen LogP contribution in [-0.4, -0.2) is 25.2 Å². The SMILES string of the molecule is Cn1c(=O)n(CC(=O)OCc2noc(-c3cccs3)n2)c2ccccc21. The van der Waals surface area contributed by atoms with Crippen LogP contribution in [0.15, 0.2) is 51.1 Å². The Balaban J connectivity index is 1.45. The van der Waals surface area contributed by atoms with Gasteiger partial charge in [0, 0.05) is 7.05 Å². The minimum atomic E-state index is -0.550. The number of para-hydroxylation sites is 2. The third-order valence-electron chi connectivity index (χ3n) is 3.90. The number of ether oxygens (including phenoxy) is 1. The molecule has 4 rings (SSSR count). The molecule has 0 aliphatic heterocycles. The monoisotopic (exact) mass is 370 g/mol. The van der Waals surface area contributed by atoms with Gasteiger partial charge in [0.1, 0.15) is 6.54 Å². The van der Waals surface area contributed by atoms with Gasteiger partial charge in [-0.25, -0.2) is 4.79 Å². The molecule has 4 aromatic rings. The normalized spacial score (nSPS) is 11.1. The fourth-order valence-electron chi connectivity index (χ4n) is 2.65. The summed E-state index contributed by atoms with van der Waals surface area (Å²) in [6, 6.07) is 11.0. The summed E-state index contributed by atoms with van der Waals surface area (Å²) in [7, 11) is 1.66. The zero-order valence-corrected chi connectivity index (χ0v) is 14.6. The van der Waals surface area contributed by atoms with E-state index in [4.69, 9.17) is 9.26 Å². The quantitative estimate of drug-likeness (QED) is 0.500. The Kier molecular flexibility index (Phi) is 4.13. The standard InChI is InChI=1S/C17H14N4O4S/c1-20-11-5-2-3-6-12(11)21(17(20)23)9-15(22)24-10-14-18-16(25-19-14)13-7-4-8-26-13/h2-8H,9-10H2,1H3. The number of carbonyl (C=O) groups excluding carboxylic acids is 1. The molecule has 1 aromatic carbocycles. The number of imidazole rings is 1. The lowest BCUT2D eigenvalue weighted by Gasteiger charge is -2.03. The van der Waals surface area contributed by atoms with Gasteiger partial charge in [-0.3, -0.25) is 13.9 Å². The molecule has 26 heavy (non-hydrogen) atoms. The molecule has 0 amide bonds. The summed E-state index contributed by atoms with van der Waals surface area (Å²) in [5, 5.41) is 5.70. The maximum absolute atomic E-state index is 12.3. The molecule has 0 fully saturated rings. The van der Waals surface area contributed by atoms with Crippen molar-refractivity contribution < 1.29 is 14.1 Å². The van der Waals surface area contributed by atoms with Crippen LogP contribution in [0.5, 0.6) is 0 Å². The van der Waals surface area contributed by atoms with Gasteiger partial charge in [-0.1, -0.05) is 23.4 Å². The van der Waals surface area contributed by atoms with Crippen molar-refractivity contribution in [2.24, 2.45) is 7.05 Å². The highest BCUT2D eigenvalue weighted by Gasteiger charge is 2.15. The van der Waals surface area contributed by atoms with Crippen LogP contribution in [0.2, 0.25) is 0 Å². The lowest BCUT2D eigenvalue weighted by atomic mass is 10.3. The van der Waals surface area contributed by atoms with E-state index in [0.717, 1.165) is 10.4 Å². The van der Waals surface area contributed by atoms with Crippen molar-refractivity contribution >= 4 is 28.3 Å². The number of aryl methyl sites for hydroxylation is 1. The number of fused-ring (bicyclic) bond motifs is 1. The molecule has 0 aliphatic carbocycles. The third kappa shape index (κ3) is 2.92. The van der Waals surface area contributed by atoms with Crippen molar-refractivity contribution in [1.29, 1.82) is 0 Å². The summed E-state index contributed by atoms with van der Waals surface area (Å²) >= 11 is 1.48. The van der Waals surface area contributed by atoms with Crippen molar-refractivity contribution in [3.8, 4) is 10.8 Å². The number of thiophene rings is 1. The molecule has 0 aliphatic rings. The van der Waals surface area contributed by atoms with Gasteiger partial charge in [-0.05, 0) is 23.6 Å². The van der Waals surface area contributed by atoms with Gasteiger partial charge in [0.25, 0.3) is 5.89 Å². The summed E-state index contributed by atoms with van der Waals surface area (Å²) in [6.45, 7) is -0.303. The summed E-state index contributed by atoms with van der Waals surface area (Å²) in [4.78, 5) is 29.5. The molecule has 0 saturated carbocycles. The molecule has 0 radical (unpaired) electrons. The highest BCUT2D eigenvalue weighted by Crippen LogP contribution is 2.22. The Labute approximate surface area is 151 Å². The largest absolute Gasteiger partial charge is 0.456 e. The second-order valence-electron chi connectivity index (χ2n) is 5.57. The van der Waals surface area contributed by atoms with Gasteiger partial charge in [0.15, 0.2) is 6.61 Å². The number of hydrogen-bond donors (Lipinski definition) is 0. The van der Waals surface area contributed by atoms with Gasteiger partial charge in [-0.15, -0.1) is 11.3 Å². The van der Waals surface area contributed by atoms with Crippen molar-refractivity contribution in [3.05, 3.63) is 58.1 Å². The average Bonchev–Trinajstić information content (AvgIpc) is 3.38. The van der Waals surface area contributed by atoms with Crippen LogP contribution in [0, 0.1) is 0 Å². The number of aromatic nitrogens is 4. The van der Waals surface area contributed by atoms with Crippen molar-refractivity contribution in [1.82, 2.24) is 19.3 Å². The highest BCUT2D eigenvalue weighted by atomic mass is 32.1. The van der Waals surface area contributed by atoms with Crippen LogP contribution in [-0.2, 0) is 29.7 Å². The molecule has 132 valence electrons. The first kappa shape index (κ1) is 16.3. The van der Waals surface area contributed by atoms with Gasteiger partial charge >= 0.3 is 11.7 Å². The molecular formula is C17H14N4O4S. The van der Waals surface area contributed by atoms with E-state index in [2.05, 4.69) is 10.1 Å². The highest BCUT2D eigenvalue weighted by molar-refractivity contribution is 7.13. The van der Waals surface area contributed by atoms with E-state index in [1.807, 2.05) is 35.7 Å². The second kappa shape index (κ2) is 6.60. The summed E-state index contributed by atoms with van der Waals surface area (Å²) in [6.07, 6.45) is 0. The number of nitrogens with zero attached hydrogens (tertiary/aromatic N) is 4. The Bertz CT molecular complexity index is 1120. The molecule has 0 spiro atoms. The van der Waals surface area contributed by atoms with Crippen LogP contribution in [0.3, 0.4) is 0 Å². The predicted octanol–water partition coefficient (Wildman–Crippen LogP) is 2.19. The van der Waals surface area contributed by atoms with Crippen LogP contribution < -0.4 is 5.69 Å². The first-order valence-corrected chi connectivity index (χ1v) is 8.68. The van der Waals surface area contributed by atoms with Crippen LogP contribution >= 0.6 is 11.3 Å². The molecule has 8 nitrogen and oxygen atoms in total. The Morgan fingerprint density at radius 3 is 2.81 bits per heavy atom. The third-order valence-corrected chi connectivity index (χ3v) is 4.76. The van der Waals surface area contributed by atoms with Crippen molar-refractivity contribution in [2.45, 2.75) is 13.2 Å². The minimum absolute atomic E-state index is 0.118. The molecule has 0 saturated heterocycles. The fourth-order valence-corrected chi connectivity index (χ4v) is 3.29. The molecule has 0 bridgehead atoms. The molecular weight excluding hydrogens is 356 g/mol. The van der Waals surface area contributed by atoms with E-state index in [1.165, 1.54) is 20.5 Å². The van der Waals surface area contributed by atoms with Gasteiger partial charge in [0.05, 0.1) is 15.9 Å². The van der Waals surface area contributed by atoms with E-state index < -0.39 is 5.97 Å². The predicted molar refractivity (Wildman–Crippen MR) is 94.6 cm³/mol. The van der Waals surface area contributed by atoms with E-state index in [-0.39, 0.29) is 24.7 Å². The zero-order chi connectivity index (χ0) is 18.1. The smallest absolute Gasteiger partial charge is 0.329 e. The van der Waals surface area contributed by atoms with Gasteiger partial charge in [0.2, 0.25) is 5.82 Å². The van der Waals surface area contributed by atoms with Crippen LogP contribution in [0.1, 0.15) is 5.82 Å². The molecule has 0 N–H and O–H groups in total. The molecule has 0 atom stereocenters. The second-order valence-corrected chi connectivity index (χ2v) is 6.52. The average molecular weight is 370 g/mol. The summed E-state index contributed by atoms with van der Waals surface area (Å²) in [5.74, 6) is 0.106.